The van der Waals surface area contributed by atoms with Gasteiger partial charge in [-0.1, -0.05) is 12.1 Å². The molecule has 132 valence electrons. The second kappa shape index (κ2) is 6.31. The summed E-state index contributed by atoms with van der Waals surface area (Å²) in [6, 6.07) is 3.63. The fraction of sp³-hybridized carbons (Fsp3) is 0.500. The molecule has 0 bridgehead atoms. The molecular formula is C16H21BF3NO2S. The highest BCUT2D eigenvalue weighted by Crippen LogP contribution is 2.39. The van der Waals surface area contributed by atoms with E-state index in [0.717, 1.165) is 11.5 Å². The molecule has 1 aliphatic rings. The molecule has 8 heteroatoms. The van der Waals surface area contributed by atoms with E-state index >= 15 is 0 Å². The van der Waals surface area contributed by atoms with Gasteiger partial charge in [0.15, 0.2) is 0 Å². The largest absolute Gasteiger partial charge is 0.491 e. The number of hydrogen-bond acceptors (Lipinski definition) is 4. The number of nitrogens with two attached hydrogens (primary N) is 1. The smallest absolute Gasteiger partial charge is 0.400 e. The van der Waals surface area contributed by atoms with Crippen molar-refractivity contribution < 1.29 is 22.5 Å². The minimum absolute atomic E-state index is 0.316. The van der Waals surface area contributed by atoms with Gasteiger partial charge in [0.2, 0.25) is 0 Å². The molecule has 0 aromatic heterocycles. The number of anilines is 1. The fourth-order valence-corrected chi connectivity index (χ4v) is 2.57. The molecule has 24 heavy (non-hydrogen) atoms. The highest BCUT2D eigenvalue weighted by Gasteiger charge is 2.52. The molecule has 0 saturated carbocycles. The molecule has 2 N–H and O–H groups in total. The van der Waals surface area contributed by atoms with Gasteiger partial charge in [0, 0.05) is 11.4 Å². The van der Waals surface area contributed by atoms with Gasteiger partial charge in [-0.2, -0.15) is 25.8 Å². The third-order valence-electron chi connectivity index (χ3n) is 4.47. The summed E-state index contributed by atoms with van der Waals surface area (Å²) in [4.78, 5) is 0. The predicted molar refractivity (Wildman–Crippen MR) is 93.8 cm³/mol. The van der Waals surface area contributed by atoms with Gasteiger partial charge >= 0.3 is 13.3 Å². The van der Waals surface area contributed by atoms with Crippen LogP contribution in [0.25, 0.3) is 6.08 Å². The van der Waals surface area contributed by atoms with Gasteiger partial charge < -0.3 is 15.0 Å². The lowest BCUT2D eigenvalue weighted by atomic mass is 9.78. The molecule has 1 fully saturated rings. The number of hydrogen-bond donors (Lipinski definition) is 2. The summed E-state index contributed by atoms with van der Waals surface area (Å²) in [5.74, 6) is 0.345. The fourth-order valence-electron chi connectivity index (χ4n) is 2.33. The Hall–Kier alpha value is -1.12. The van der Waals surface area contributed by atoms with E-state index in [1.165, 1.54) is 12.1 Å². The van der Waals surface area contributed by atoms with Crippen molar-refractivity contribution in [1.29, 1.82) is 0 Å². The zero-order valence-corrected chi connectivity index (χ0v) is 15.0. The third kappa shape index (κ3) is 3.76. The highest BCUT2D eigenvalue weighted by molar-refractivity contribution is 7.80. The van der Waals surface area contributed by atoms with Crippen molar-refractivity contribution in [3.05, 3.63) is 34.8 Å². The molecular weight excluding hydrogens is 338 g/mol. The topological polar surface area (TPSA) is 44.5 Å². The van der Waals surface area contributed by atoms with Crippen molar-refractivity contribution in [3.63, 3.8) is 0 Å². The first-order valence-corrected chi connectivity index (χ1v) is 8.14. The molecule has 1 saturated heterocycles. The van der Waals surface area contributed by atoms with Crippen LogP contribution < -0.4 is 5.73 Å². The molecule has 1 aromatic carbocycles. The maximum atomic E-state index is 12.8. The van der Waals surface area contributed by atoms with Gasteiger partial charge in [-0.05, 0) is 50.9 Å². The van der Waals surface area contributed by atoms with E-state index in [1.807, 2.05) is 27.7 Å². The average Bonchev–Trinajstić information content (AvgIpc) is 2.63. The zero-order valence-electron chi connectivity index (χ0n) is 14.1. The van der Waals surface area contributed by atoms with Crippen molar-refractivity contribution in [2.75, 3.05) is 11.5 Å². The summed E-state index contributed by atoms with van der Waals surface area (Å²) < 4.78 is 50.2. The number of alkyl halides is 3. The van der Waals surface area contributed by atoms with Crippen molar-refractivity contribution in [2.24, 2.45) is 0 Å². The molecule has 2 rings (SSSR count). The second-order valence-corrected chi connectivity index (χ2v) is 7.13. The SMILES string of the molecule is CC1(C)OB(C(=Cc2ccc(C(F)(F)F)c(N)c2)CS)OC1(C)C. The van der Waals surface area contributed by atoms with Gasteiger partial charge in [-0.3, -0.25) is 0 Å². The first-order chi connectivity index (χ1) is 10.9. The summed E-state index contributed by atoms with van der Waals surface area (Å²) in [6.07, 6.45) is -2.77. The molecule has 1 aromatic rings. The lowest BCUT2D eigenvalue weighted by Gasteiger charge is -2.32. The normalized spacial score (nSPS) is 20.5. The third-order valence-corrected chi connectivity index (χ3v) is 4.84. The second-order valence-electron chi connectivity index (χ2n) is 6.81. The zero-order chi connectivity index (χ0) is 18.3. The maximum absolute atomic E-state index is 12.8. The molecule has 1 heterocycles. The summed E-state index contributed by atoms with van der Waals surface area (Å²) in [6.45, 7) is 7.72. The van der Waals surface area contributed by atoms with Gasteiger partial charge in [-0.25, -0.2) is 0 Å². The summed E-state index contributed by atoms with van der Waals surface area (Å²) in [5, 5.41) is 0. The highest BCUT2D eigenvalue weighted by atomic mass is 32.1. The Kier molecular flexibility index (Phi) is 5.05. The van der Waals surface area contributed by atoms with Crippen molar-refractivity contribution in [3.8, 4) is 0 Å². The van der Waals surface area contributed by atoms with Crippen LogP contribution >= 0.6 is 12.6 Å². The molecule has 0 atom stereocenters. The lowest BCUT2D eigenvalue weighted by molar-refractivity contribution is -0.136. The van der Waals surface area contributed by atoms with Gasteiger partial charge in [0.25, 0.3) is 0 Å². The Morgan fingerprint density at radius 1 is 1.21 bits per heavy atom. The number of rotatable bonds is 3. The molecule has 0 unspecified atom stereocenters. The van der Waals surface area contributed by atoms with Crippen LogP contribution in [0, 0.1) is 0 Å². The first-order valence-electron chi connectivity index (χ1n) is 7.51. The average molecular weight is 359 g/mol. The van der Waals surface area contributed by atoms with Gasteiger partial charge in [0.1, 0.15) is 0 Å². The van der Waals surface area contributed by atoms with E-state index in [0.29, 0.717) is 11.3 Å². The Morgan fingerprint density at radius 2 is 1.75 bits per heavy atom. The Bertz CT molecular complexity index is 643. The van der Waals surface area contributed by atoms with Gasteiger partial charge in [0.05, 0.1) is 16.8 Å². The van der Waals surface area contributed by atoms with Crippen LogP contribution in [-0.4, -0.2) is 24.1 Å². The Balaban J connectivity index is 2.31. The standard InChI is InChI=1S/C16H21BF3NO2S/c1-14(2)15(3,4)23-17(22-14)11(9-24)7-10-5-6-12(13(21)8-10)16(18,19)20/h5-8,24H,9,21H2,1-4H3. The molecule has 0 aliphatic carbocycles. The van der Waals surface area contributed by atoms with Crippen LogP contribution in [0.1, 0.15) is 38.8 Å². The minimum atomic E-state index is -4.47. The van der Waals surface area contributed by atoms with Crippen LogP contribution in [0.4, 0.5) is 18.9 Å². The molecule has 1 aliphatic heterocycles. The number of benzene rings is 1. The van der Waals surface area contributed by atoms with E-state index in [-0.39, 0.29) is 5.69 Å². The molecule has 0 radical (unpaired) electrons. The monoisotopic (exact) mass is 359 g/mol. The van der Waals surface area contributed by atoms with Crippen molar-refractivity contribution in [2.45, 2.75) is 45.1 Å². The maximum Gasteiger partial charge on any atom is 0.491 e. The van der Waals surface area contributed by atoms with E-state index in [1.54, 1.807) is 6.08 Å². The Labute approximate surface area is 145 Å². The van der Waals surface area contributed by atoms with Crippen molar-refractivity contribution in [1.82, 2.24) is 0 Å². The van der Waals surface area contributed by atoms with Crippen molar-refractivity contribution >= 4 is 31.5 Å². The molecule has 0 spiro atoms. The number of thiol groups is 1. The minimum Gasteiger partial charge on any atom is -0.400 e. The number of nitrogen functional groups attached to an aromatic ring is 1. The van der Waals surface area contributed by atoms with E-state index in [2.05, 4.69) is 12.6 Å². The summed E-state index contributed by atoms with van der Waals surface area (Å²) in [7, 11) is -0.601. The van der Waals surface area contributed by atoms with Crippen LogP contribution in [0.2, 0.25) is 0 Å². The summed E-state index contributed by atoms with van der Waals surface area (Å²) >= 11 is 4.29. The lowest BCUT2D eigenvalue weighted by Crippen LogP contribution is -2.41. The quantitative estimate of drug-likeness (QED) is 0.482. The molecule has 3 nitrogen and oxygen atoms in total. The predicted octanol–water partition coefficient (Wildman–Crippen LogP) is 4.23. The first kappa shape index (κ1) is 19.2. The van der Waals surface area contributed by atoms with Crippen LogP contribution in [0.5, 0.6) is 0 Å². The molecule has 0 amide bonds. The summed E-state index contributed by atoms with van der Waals surface area (Å²) in [5.41, 5.74) is 4.63. The van der Waals surface area contributed by atoms with E-state index in [4.69, 9.17) is 15.0 Å². The van der Waals surface area contributed by atoms with E-state index in [9.17, 15) is 13.2 Å². The number of halogens is 3. The Morgan fingerprint density at radius 3 is 2.17 bits per heavy atom. The van der Waals surface area contributed by atoms with Crippen LogP contribution in [0.3, 0.4) is 0 Å². The van der Waals surface area contributed by atoms with Gasteiger partial charge in [-0.15, -0.1) is 0 Å². The van der Waals surface area contributed by atoms with Crippen LogP contribution in [-0.2, 0) is 15.5 Å². The van der Waals surface area contributed by atoms with Crippen LogP contribution in [0.15, 0.2) is 23.7 Å². The van der Waals surface area contributed by atoms with E-state index < -0.39 is 30.1 Å².